The molecule has 1 aromatic rings. The Morgan fingerprint density at radius 2 is 2.00 bits per heavy atom. The normalized spacial score (nSPS) is 19.9. The second kappa shape index (κ2) is 5.04. The molecule has 2 rings (SSSR count). The van der Waals surface area contributed by atoms with Gasteiger partial charge in [-0.25, -0.2) is 4.39 Å². The largest absolute Gasteiger partial charge is 0.513 e. The van der Waals surface area contributed by atoms with Crippen LogP contribution in [0, 0.1) is 5.82 Å². The monoisotopic (exact) mass is 259 g/mol. The van der Waals surface area contributed by atoms with Crippen LogP contribution in [-0.4, -0.2) is 13.1 Å². The molecule has 98 valence electrons. The first-order valence-corrected chi connectivity index (χ1v) is 5.79. The van der Waals surface area contributed by atoms with E-state index in [1.165, 1.54) is 0 Å². The van der Waals surface area contributed by atoms with Gasteiger partial charge in [-0.1, -0.05) is 11.5 Å². The van der Waals surface area contributed by atoms with Crippen LogP contribution in [0.25, 0.3) is 0 Å². The van der Waals surface area contributed by atoms with E-state index in [2.05, 4.69) is 0 Å². The summed E-state index contributed by atoms with van der Waals surface area (Å²) in [5.41, 5.74) is -1.01. The fourth-order valence-corrected chi connectivity index (χ4v) is 1.92. The van der Waals surface area contributed by atoms with Crippen molar-refractivity contribution in [3.8, 4) is 5.75 Å². The summed E-state index contributed by atoms with van der Waals surface area (Å²) in [6.07, 6.45) is 5.75. The van der Waals surface area contributed by atoms with Crippen molar-refractivity contribution in [2.24, 2.45) is 0 Å². The van der Waals surface area contributed by atoms with Gasteiger partial charge in [-0.3, -0.25) is 0 Å². The Morgan fingerprint density at radius 3 is 2.61 bits per heavy atom. The lowest BCUT2D eigenvalue weighted by molar-refractivity contribution is 0.230. The van der Waals surface area contributed by atoms with Gasteiger partial charge in [0.1, 0.15) is 11.9 Å². The average molecular weight is 259 g/mol. The Labute approximate surface area is 103 Å². The van der Waals surface area contributed by atoms with Gasteiger partial charge in [-0.2, -0.15) is 0 Å². The van der Waals surface area contributed by atoms with Crippen molar-refractivity contribution in [1.82, 2.24) is 0 Å². The van der Waals surface area contributed by atoms with Crippen molar-refractivity contribution >= 4 is 12.4 Å². The molecule has 1 unspecified atom stereocenters. The molecule has 1 atom stereocenters. The van der Waals surface area contributed by atoms with Gasteiger partial charge in [0, 0.05) is 0 Å². The van der Waals surface area contributed by atoms with Crippen LogP contribution in [0.5, 0.6) is 5.75 Å². The van der Waals surface area contributed by atoms with Crippen molar-refractivity contribution in [3.05, 3.63) is 36.2 Å². The molecular formula is C12H12BF4O-. The summed E-state index contributed by atoms with van der Waals surface area (Å²) in [4.78, 5) is 0. The molecule has 0 aliphatic heterocycles. The first-order chi connectivity index (χ1) is 8.47. The predicted octanol–water partition coefficient (Wildman–Crippen LogP) is 3.37. The molecule has 1 aromatic carbocycles. The molecule has 0 heterocycles. The highest BCUT2D eigenvalue weighted by Crippen LogP contribution is 2.22. The zero-order valence-electron chi connectivity index (χ0n) is 9.58. The first-order valence-electron chi connectivity index (χ1n) is 5.79. The van der Waals surface area contributed by atoms with E-state index in [-0.39, 0.29) is 11.9 Å². The summed E-state index contributed by atoms with van der Waals surface area (Å²) >= 11 is 0. The molecule has 0 radical (unpaired) electrons. The van der Waals surface area contributed by atoms with Crippen LogP contribution in [0.4, 0.5) is 17.3 Å². The second-order valence-corrected chi connectivity index (χ2v) is 4.27. The van der Waals surface area contributed by atoms with E-state index in [9.17, 15) is 17.3 Å². The molecule has 1 aliphatic rings. The molecule has 0 aromatic heterocycles. The van der Waals surface area contributed by atoms with Crippen molar-refractivity contribution in [1.29, 1.82) is 0 Å². The van der Waals surface area contributed by atoms with Gasteiger partial charge in [-0.15, -0.1) is 0 Å². The van der Waals surface area contributed by atoms with E-state index in [0.717, 1.165) is 25.0 Å². The average Bonchev–Trinajstić information content (AvgIpc) is 2.31. The predicted molar refractivity (Wildman–Crippen MR) is 62.5 cm³/mol. The lowest BCUT2D eigenvalue weighted by atomic mass is 9.79. The van der Waals surface area contributed by atoms with Crippen molar-refractivity contribution < 1.29 is 22.1 Å². The quantitative estimate of drug-likeness (QED) is 0.459. The number of benzene rings is 1. The van der Waals surface area contributed by atoms with Crippen LogP contribution < -0.4 is 10.2 Å². The van der Waals surface area contributed by atoms with Gasteiger partial charge in [0.2, 0.25) is 0 Å². The van der Waals surface area contributed by atoms with E-state index in [1.807, 2.05) is 6.08 Å². The molecule has 1 aliphatic carbocycles. The fraction of sp³-hybridized carbons (Fsp3) is 0.333. The zero-order valence-corrected chi connectivity index (χ0v) is 9.58. The second-order valence-electron chi connectivity index (χ2n) is 4.27. The van der Waals surface area contributed by atoms with Crippen molar-refractivity contribution in [2.45, 2.75) is 25.4 Å². The van der Waals surface area contributed by atoms with Crippen LogP contribution >= 0.6 is 0 Å². The number of ether oxygens (including phenoxy) is 1. The summed E-state index contributed by atoms with van der Waals surface area (Å²) in [5.74, 6) is -1.20. The van der Waals surface area contributed by atoms with E-state index in [1.54, 1.807) is 6.08 Å². The molecular weight excluding hydrogens is 247 g/mol. The number of rotatable bonds is 3. The Kier molecular flexibility index (Phi) is 3.64. The van der Waals surface area contributed by atoms with Crippen LogP contribution in [0.2, 0.25) is 0 Å². The van der Waals surface area contributed by atoms with Crippen LogP contribution in [0.1, 0.15) is 19.3 Å². The molecule has 6 heteroatoms. The summed E-state index contributed by atoms with van der Waals surface area (Å²) in [6, 6.07) is 2.51. The van der Waals surface area contributed by atoms with Crippen LogP contribution in [-0.2, 0) is 0 Å². The molecule has 0 spiro atoms. The number of halogens is 4. The van der Waals surface area contributed by atoms with Gasteiger partial charge >= 0.3 is 6.98 Å². The standard InChI is InChI=1S/C12H12BF4O/c14-9-6-7-12(11(8-9)13(15,16)17)18-10-4-2-1-3-5-10/h2,4,6-8,10H,1,3,5H2/q-1. The summed E-state index contributed by atoms with van der Waals surface area (Å²) < 4.78 is 56.5. The topological polar surface area (TPSA) is 9.23 Å². The molecule has 0 N–H and O–H groups in total. The molecule has 0 fully saturated rings. The molecule has 0 saturated heterocycles. The third kappa shape index (κ3) is 3.06. The van der Waals surface area contributed by atoms with Crippen molar-refractivity contribution in [2.75, 3.05) is 0 Å². The Morgan fingerprint density at radius 1 is 1.22 bits per heavy atom. The summed E-state index contributed by atoms with van der Waals surface area (Å²) in [5, 5.41) is 0. The minimum Gasteiger partial charge on any atom is -0.489 e. The fourth-order valence-electron chi connectivity index (χ4n) is 1.92. The van der Waals surface area contributed by atoms with Gasteiger partial charge in [-0.05, 0) is 43.5 Å². The molecule has 1 nitrogen and oxygen atoms in total. The Bertz CT molecular complexity index is 456. The summed E-state index contributed by atoms with van der Waals surface area (Å²) in [6.45, 7) is -5.28. The molecule has 0 amide bonds. The van der Waals surface area contributed by atoms with Gasteiger partial charge < -0.3 is 17.7 Å². The van der Waals surface area contributed by atoms with Gasteiger partial charge in [0.05, 0.1) is 5.75 Å². The first kappa shape index (κ1) is 13.0. The molecule has 18 heavy (non-hydrogen) atoms. The third-order valence-corrected chi connectivity index (χ3v) is 2.81. The highest BCUT2D eigenvalue weighted by atomic mass is 19.4. The van der Waals surface area contributed by atoms with Gasteiger partial charge in [0.25, 0.3) is 0 Å². The van der Waals surface area contributed by atoms with E-state index < -0.39 is 18.3 Å². The number of hydrogen-bond acceptors (Lipinski definition) is 1. The lowest BCUT2D eigenvalue weighted by Gasteiger charge is -2.24. The zero-order chi connectivity index (χ0) is 13.2. The van der Waals surface area contributed by atoms with Crippen LogP contribution in [0.15, 0.2) is 30.4 Å². The number of hydrogen-bond donors (Lipinski definition) is 0. The minimum absolute atomic E-state index is 0.291. The van der Waals surface area contributed by atoms with Crippen molar-refractivity contribution in [3.63, 3.8) is 0 Å². The molecule has 0 bridgehead atoms. The third-order valence-electron chi connectivity index (χ3n) is 2.81. The molecule has 0 saturated carbocycles. The van der Waals surface area contributed by atoms with E-state index in [4.69, 9.17) is 4.74 Å². The number of allylic oxidation sites excluding steroid dienone is 1. The maximum Gasteiger partial charge on any atom is 0.513 e. The highest BCUT2D eigenvalue weighted by molar-refractivity contribution is 6.74. The Hall–Kier alpha value is -1.46. The maximum absolute atomic E-state index is 12.9. The SMILES string of the molecule is Fc1ccc(OC2C=CCCC2)c([B-](F)(F)F)c1. The summed E-state index contributed by atoms with van der Waals surface area (Å²) in [7, 11) is 0. The Balaban J connectivity index is 2.26. The minimum atomic E-state index is -5.28. The smallest absolute Gasteiger partial charge is 0.489 e. The van der Waals surface area contributed by atoms with Gasteiger partial charge in [0.15, 0.2) is 0 Å². The maximum atomic E-state index is 12.9. The van der Waals surface area contributed by atoms with Crippen LogP contribution in [0.3, 0.4) is 0 Å². The highest BCUT2D eigenvalue weighted by Gasteiger charge is 2.30. The van der Waals surface area contributed by atoms with E-state index in [0.29, 0.717) is 12.5 Å². The van der Waals surface area contributed by atoms with E-state index >= 15 is 0 Å². The lowest BCUT2D eigenvalue weighted by Crippen LogP contribution is -2.36.